The van der Waals surface area contributed by atoms with Crippen molar-refractivity contribution < 1.29 is 14.3 Å². The Balaban J connectivity index is 1.63. The average Bonchev–Trinajstić information content (AvgIpc) is 3.10. The number of rotatable bonds is 6. The molecule has 2 aromatic heterocycles. The van der Waals surface area contributed by atoms with Gasteiger partial charge >= 0.3 is 10.8 Å². The van der Waals surface area contributed by atoms with Gasteiger partial charge in [0.15, 0.2) is 0 Å². The van der Waals surface area contributed by atoms with E-state index in [1.54, 1.807) is 23.1 Å². The fourth-order valence-corrected chi connectivity index (χ4v) is 4.00. The number of nitrogens with zero attached hydrogens (tertiary/aromatic N) is 2. The van der Waals surface area contributed by atoms with Crippen LogP contribution in [0.2, 0.25) is 0 Å². The van der Waals surface area contributed by atoms with Crippen molar-refractivity contribution in [2.24, 2.45) is 0 Å². The maximum atomic E-state index is 12.9. The summed E-state index contributed by atoms with van der Waals surface area (Å²) in [5.74, 6) is 0.308. The number of hydrogen-bond donors (Lipinski definition) is 0. The molecule has 0 aliphatic rings. The van der Waals surface area contributed by atoms with Crippen molar-refractivity contribution in [2.75, 3.05) is 13.7 Å². The van der Waals surface area contributed by atoms with Crippen LogP contribution in [-0.2, 0) is 11.3 Å². The molecule has 0 aliphatic heterocycles. The lowest BCUT2D eigenvalue weighted by molar-refractivity contribution is 0.0492. The first-order valence-electron chi connectivity index (χ1n) is 9.43. The Morgan fingerprint density at radius 3 is 2.60 bits per heavy atom. The number of aryl methyl sites for hydroxylation is 1. The van der Waals surface area contributed by atoms with Gasteiger partial charge in [-0.05, 0) is 43.3 Å². The number of carbonyl (C=O) groups excluding carboxylic acids is 1. The maximum absolute atomic E-state index is 12.9. The molecule has 0 spiro atoms. The Morgan fingerprint density at radius 1 is 1.13 bits per heavy atom. The Bertz CT molecular complexity index is 1260. The molecule has 0 unspecified atom stereocenters. The summed E-state index contributed by atoms with van der Waals surface area (Å²) < 4.78 is 12.3. The second-order valence-electron chi connectivity index (χ2n) is 6.73. The number of fused-ring (bicyclic) bond motifs is 1. The summed E-state index contributed by atoms with van der Waals surface area (Å²) in [5, 5.41) is 2.52. The molecule has 0 bridgehead atoms. The number of carbonyl (C=O) groups is 1. The van der Waals surface area contributed by atoms with E-state index >= 15 is 0 Å². The second kappa shape index (κ2) is 8.51. The molecule has 0 radical (unpaired) electrons. The molecule has 2 heterocycles. The average molecular weight is 420 g/mol. The molecule has 152 valence electrons. The van der Waals surface area contributed by atoms with E-state index in [1.165, 1.54) is 0 Å². The van der Waals surface area contributed by atoms with Crippen LogP contribution < -0.4 is 9.61 Å². The van der Waals surface area contributed by atoms with E-state index in [1.807, 2.05) is 55.5 Å². The Labute approximate surface area is 177 Å². The van der Waals surface area contributed by atoms with E-state index in [2.05, 4.69) is 0 Å². The highest BCUT2D eigenvalue weighted by atomic mass is 32.1. The lowest BCUT2D eigenvalue weighted by atomic mass is 10.0. The molecule has 0 saturated heterocycles. The van der Waals surface area contributed by atoms with E-state index in [9.17, 15) is 9.59 Å². The zero-order valence-corrected chi connectivity index (χ0v) is 17.4. The number of ether oxygens (including phenoxy) is 2. The molecule has 0 N–H and O–H groups in total. The molecule has 30 heavy (non-hydrogen) atoms. The van der Waals surface area contributed by atoms with Crippen LogP contribution in [0.1, 0.15) is 16.1 Å². The van der Waals surface area contributed by atoms with Crippen molar-refractivity contribution in [3.63, 3.8) is 0 Å². The normalized spacial score (nSPS) is 10.9. The fourth-order valence-electron chi connectivity index (χ4n) is 3.24. The Morgan fingerprint density at radius 2 is 1.90 bits per heavy atom. The van der Waals surface area contributed by atoms with Crippen molar-refractivity contribution in [3.05, 3.63) is 80.9 Å². The number of thiazole rings is 1. The lowest BCUT2D eigenvalue weighted by Crippen LogP contribution is -2.19. The summed E-state index contributed by atoms with van der Waals surface area (Å²) in [6, 6.07) is 16.7. The van der Waals surface area contributed by atoms with Gasteiger partial charge in [-0.15, -0.1) is 0 Å². The van der Waals surface area contributed by atoms with E-state index < -0.39 is 5.97 Å². The molecule has 0 saturated carbocycles. The van der Waals surface area contributed by atoms with E-state index in [4.69, 9.17) is 14.5 Å². The summed E-state index contributed by atoms with van der Waals surface area (Å²) in [5.41, 5.74) is 3.56. The molecular formula is C23H20N2O4S. The monoisotopic (exact) mass is 420 g/mol. The molecule has 4 aromatic rings. The third-order valence-electron chi connectivity index (χ3n) is 4.85. The molecule has 0 amide bonds. The predicted octanol–water partition coefficient (Wildman–Crippen LogP) is 4.30. The van der Waals surface area contributed by atoms with Crippen molar-refractivity contribution in [1.29, 1.82) is 0 Å². The van der Waals surface area contributed by atoms with Gasteiger partial charge < -0.3 is 9.47 Å². The van der Waals surface area contributed by atoms with Gasteiger partial charge in [-0.2, -0.15) is 0 Å². The van der Waals surface area contributed by atoms with Crippen LogP contribution >= 0.6 is 11.3 Å². The number of pyridine rings is 1. The maximum Gasteiger partial charge on any atom is 0.338 e. The Kier molecular flexibility index (Phi) is 5.63. The number of hydrogen-bond acceptors (Lipinski definition) is 6. The van der Waals surface area contributed by atoms with Crippen LogP contribution in [-0.4, -0.2) is 29.2 Å². The highest BCUT2D eigenvalue weighted by Gasteiger charge is 2.15. The van der Waals surface area contributed by atoms with E-state index in [0.717, 1.165) is 33.7 Å². The number of para-hydroxylation sites is 1. The molecule has 2 aromatic carbocycles. The van der Waals surface area contributed by atoms with Crippen molar-refractivity contribution >= 4 is 28.2 Å². The van der Waals surface area contributed by atoms with Gasteiger partial charge in [0.1, 0.15) is 12.4 Å². The van der Waals surface area contributed by atoms with Crippen molar-refractivity contribution in [2.45, 2.75) is 13.5 Å². The van der Waals surface area contributed by atoms with Crippen LogP contribution in [0, 0.1) is 6.92 Å². The second-order valence-corrected chi connectivity index (χ2v) is 7.55. The molecule has 0 fully saturated rings. The van der Waals surface area contributed by atoms with Crippen LogP contribution in [0.25, 0.3) is 22.2 Å². The van der Waals surface area contributed by atoms with E-state index in [-0.39, 0.29) is 11.5 Å². The van der Waals surface area contributed by atoms with Crippen LogP contribution in [0.4, 0.5) is 0 Å². The molecule has 0 aliphatic carbocycles. The highest BCUT2D eigenvalue weighted by molar-refractivity contribution is 7.07. The lowest BCUT2D eigenvalue weighted by Gasteiger charge is -2.11. The third-order valence-corrected chi connectivity index (χ3v) is 5.73. The first-order chi connectivity index (χ1) is 14.6. The van der Waals surface area contributed by atoms with Crippen LogP contribution in [0.15, 0.2) is 64.8 Å². The SMILES string of the molecule is COc1ccc(-c2cc(C(=O)OCCn3c(C)csc3=O)c3ccccc3n2)cc1. The summed E-state index contributed by atoms with van der Waals surface area (Å²) in [6.45, 7) is 2.30. The standard InChI is InChI=1S/C23H20N2O4S/c1-15-14-30-23(27)25(15)11-12-29-22(26)19-13-21(16-7-9-17(28-2)10-8-16)24-20-6-4-3-5-18(19)20/h3-10,13-14H,11-12H2,1-2H3. The predicted molar refractivity (Wildman–Crippen MR) is 117 cm³/mol. The first kappa shape index (κ1) is 19.8. The van der Waals surface area contributed by atoms with Crippen LogP contribution in [0.5, 0.6) is 5.75 Å². The molecule has 7 heteroatoms. The number of esters is 1. The quantitative estimate of drug-likeness (QED) is 0.435. The zero-order chi connectivity index (χ0) is 21.1. The van der Waals surface area contributed by atoms with Gasteiger partial charge in [-0.3, -0.25) is 9.36 Å². The Hall–Kier alpha value is -3.45. The molecule has 4 rings (SSSR count). The van der Waals surface area contributed by atoms with Gasteiger partial charge in [0.2, 0.25) is 0 Å². The smallest absolute Gasteiger partial charge is 0.338 e. The number of benzene rings is 2. The number of methoxy groups -OCH3 is 1. The minimum Gasteiger partial charge on any atom is -0.497 e. The van der Waals surface area contributed by atoms with Crippen molar-refractivity contribution in [1.82, 2.24) is 9.55 Å². The zero-order valence-electron chi connectivity index (χ0n) is 16.6. The molecule has 6 nitrogen and oxygen atoms in total. The first-order valence-corrected chi connectivity index (χ1v) is 10.3. The van der Waals surface area contributed by atoms with Gasteiger partial charge in [0.25, 0.3) is 0 Å². The molecular weight excluding hydrogens is 400 g/mol. The molecule has 0 atom stereocenters. The highest BCUT2D eigenvalue weighted by Crippen LogP contribution is 2.26. The minimum absolute atomic E-state index is 0.0558. The van der Waals surface area contributed by atoms with Gasteiger partial charge in [0.05, 0.1) is 30.4 Å². The van der Waals surface area contributed by atoms with Crippen molar-refractivity contribution in [3.8, 4) is 17.0 Å². The summed E-state index contributed by atoms with van der Waals surface area (Å²) in [6.07, 6.45) is 0. The summed E-state index contributed by atoms with van der Waals surface area (Å²) in [7, 11) is 1.61. The van der Waals surface area contributed by atoms with E-state index in [0.29, 0.717) is 23.3 Å². The fraction of sp³-hybridized carbons (Fsp3) is 0.174. The largest absolute Gasteiger partial charge is 0.497 e. The third kappa shape index (κ3) is 3.97. The van der Waals surface area contributed by atoms with Gasteiger partial charge in [-0.25, -0.2) is 9.78 Å². The van der Waals surface area contributed by atoms with Crippen LogP contribution in [0.3, 0.4) is 0 Å². The summed E-state index contributed by atoms with van der Waals surface area (Å²) in [4.78, 5) is 29.4. The van der Waals surface area contributed by atoms with Gasteiger partial charge in [0, 0.05) is 22.0 Å². The minimum atomic E-state index is -0.440. The number of aromatic nitrogens is 2. The topological polar surface area (TPSA) is 70.4 Å². The summed E-state index contributed by atoms with van der Waals surface area (Å²) >= 11 is 1.14. The van der Waals surface area contributed by atoms with Gasteiger partial charge in [-0.1, -0.05) is 29.5 Å².